The molecule has 126 valence electrons. The molecule has 0 bridgehead atoms. The number of nitrogen functional groups attached to an aromatic ring is 1. The molecule has 4 nitrogen and oxygen atoms in total. The lowest BCUT2D eigenvalue weighted by Crippen LogP contribution is -2.19. The van der Waals surface area contributed by atoms with Crippen LogP contribution in [0.15, 0.2) is 18.2 Å². The van der Waals surface area contributed by atoms with E-state index in [0.717, 1.165) is 50.4 Å². The molecule has 0 aliphatic rings. The molecule has 0 aliphatic carbocycles. The summed E-state index contributed by atoms with van der Waals surface area (Å²) in [5.41, 5.74) is 8.01. The second kappa shape index (κ2) is 10.5. The molecule has 0 heterocycles. The van der Waals surface area contributed by atoms with Gasteiger partial charge in [-0.3, -0.25) is 0 Å². The number of rotatable bonds is 11. The third kappa shape index (κ3) is 8.25. The van der Waals surface area contributed by atoms with E-state index in [0.29, 0.717) is 6.10 Å². The fraction of sp³-hybridized carbons (Fsp3) is 0.667. The van der Waals surface area contributed by atoms with Crippen molar-refractivity contribution in [2.75, 3.05) is 25.4 Å². The number of nitrogens with one attached hydrogen (secondary N) is 1. The molecular weight excluding hydrogens is 276 g/mol. The van der Waals surface area contributed by atoms with Crippen molar-refractivity contribution in [3.8, 4) is 5.75 Å². The molecule has 1 aromatic rings. The van der Waals surface area contributed by atoms with Crippen molar-refractivity contribution in [3.63, 3.8) is 0 Å². The largest absolute Gasteiger partial charge is 0.489 e. The Kier molecular flexibility index (Phi) is 8.94. The van der Waals surface area contributed by atoms with Crippen LogP contribution in [0.3, 0.4) is 0 Å². The van der Waals surface area contributed by atoms with Crippen LogP contribution >= 0.6 is 0 Å². The highest BCUT2D eigenvalue weighted by molar-refractivity contribution is 5.54. The molecule has 22 heavy (non-hydrogen) atoms. The monoisotopic (exact) mass is 308 g/mol. The Morgan fingerprint density at radius 1 is 1.05 bits per heavy atom. The van der Waals surface area contributed by atoms with Gasteiger partial charge in [0, 0.05) is 6.61 Å². The van der Waals surface area contributed by atoms with Crippen LogP contribution in [0.25, 0.3) is 0 Å². The Hall–Kier alpha value is -1.26. The average Bonchev–Trinajstić information content (AvgIpc) is 2.44. The summed E-state index contributed by atoms with van der Waals surface area (Å²) in [6, 6.07) is 6.10. The van der Waals surface area contributed by atoms with Crippen LogP contribution in [-0.2, 0) is 11.2 Å². The minimum Gasteiger partial charge on any atom is -0.489 e. The van der Waals surface area contributed by atoms with E-state index in [-0.39, 0.29) is 6.10 Å². The number of hydrogen-bond acceptors (Lipinski definition) is 4. The summed E-state index contributed by atoms with van der Waals surface area (Å²) in [4.78, 5) is 0. The smallest absolute Gasteiger partial charge is 0.142 e. The van der Waals surface area contributed by atoms with Crippen LogP contribution in [-0.4, -0.2) is 31.9 Å². The van der Waals surface area contributed by atoms with E-state index in [4.69, 9.17) is 15.2 Å². The number of benzene rings is 1. The molecular formula is C18H32N2O2. The van der Waals surface area contributed by atoms with Crippen molar-refractivity contribution in [1.82, 2.24) is 5.32 Å². The minimum absolute atomic E-state index is 0.150. The van der Waals surface area contributed by atoms with Crippen LogP contribution in [0, 0.1) is 0 Å². The number of anilines is 1. The van der Waals surface area contributed by atoms with Crippen LogP contribution < -0.4 is 15.8 Å². The summed E-state index contributed by atoms with van der Waals surface area (Å²) >= 11 is 0. The van der Waals surface area contributed by atoms with Gasteiger partial charge in [0.1, 0.15) is 5.75 Å². The highest BCUT2D eigenvalue weighted by Gasteiger charge is 2.04. The van der Waals surface area contributed by atoms with Crippen LogP contribution in [0.1, 0.15) is 46.1 Å². The van der Waals surface area contributed by atoms with Gasteiger partial charge in [0.05, 0.1) is 17.9 Å². The molecule has 0 amide bonds. The van der Waals surface area contributed by atoms with Gasteiger partial charge in [-0.05, 0) is 77.7 Å². The zero-order chi connectivity index (χ0) is 16.4. The summed E-state index contributed by atoms with van der Waals surface area (Å²) in [6.45, 7) is 11.0. The number of aryl methyl sites for hydroxylation is 1. The standard InChI is InChI=1S/C18H32N2O2/c1-14(2)21-12-6-11-20-10-5-7-16-8-9-18(17(19)13-16)22-15(3)4/h8-9,13-15,20H,5-7,10-12,19H2,1-4H3. The van der Waals surface area contributed by atoms with E-state index < -0.39 is 0 Å². The molecule has 0 fully saturated rings. The summed E-state index contributed by atoms with van der Waals surface area (Å²) in [7, 11) is 0. The highest BCUT2D eigenvalue weighted by Crippen LogP contribution is 2.24. The van der Waals surface area contributed by atoms with Gasteiger partial charge in [0.25, 0.3) is 0 Å². The van der Waals surface area contributed by atoms with Gasteiger partial charge in [-0.25, -0.2) is 0 Å². The maximum atomic E-state index is 6.02. The molecule has 0 unspecified atom stereocenters. The molecule has 1 aromatic carbocycles. The Labute approximate surface area is 135 Å². The quantitative estimate of drug-likeness (QED) is 0.486. The van der Waals surface area contributed by atoms with Gasteiger partial charge in [-0.15, -0.1) is 0 Å². The molecule has 3 N–H and O–H groups in total. The first-order valence-corrected chi connectivity index (χ1v) is 8.36. The van der Waals surface area contributed by atoms with Gasteiger partial charge in [-0.1, -0.05) is 6.07 Å². The van der Waals surface area contributed by atoms with E-state index in [1.807, 2.05) is 26.0 Å². The maximum absolute atomic E-state index is 6.02. The van der Waals surface area contributed by atoms with Crippen molar-refractivity contribution in [3.05, 3.63) is 23.8 Å². The number of hydrogen-bond donors (Lipinski definition) is 2. The zero-order valence-corrected chi connectivity index (χ0v) is 14.5. The minimum atomic E-state index is 0.150. The summed E-state index contributed by atoms with van der Waals surface area (Å²) in [5.74, 6) is 0.780. The van der Waals surface area contributed by atoms with Gasteiger partial charge in [-0.2, -0.15) is 0 Å². The normalized spacial score (nSPS) is 11.4. The van der Waals surface area contributed by atoms with E-state index in [1.54, 1.807) is 0 Å². The Balaban J connectivity index is 2.16. The van der Waals surface area contributed by atoms with Crippen molar-refractivity contribution in [2.45, 2.75) is 59.2 Å². The first-order valence-electron chi connectivity index (χ1n) is 8.36. The first kappa shape index (κ1) is 18.8. The predicted molar refractivity (Wildman–Crippen MR) is 93.5 cm³/mol. The van der Waals surface area contributed by atoms with Crippen LogP contribution in [0.4, 0.5) is 5.69 Å². The zero-order valence-electron chi connectivity index (χ0n) is 14.5. The fourth-order valence-corrected chi connectivity index (χ4v) is 2.17. The van der Waals surface area contributed by atoms with Gasteiger partial charge in [0.2, 0.25) is 0 Å². The maximum Gasteiger partial charge on any atom is 0.142 e. The molecule has 0 radical (unpaired) electrons. The number of ether oxygens (including phenoxy) is 2. The third-order valence-electron chi connectivity index (χ3n) is 3.20. The lowest BCUT2D eigenvalue weighted by molar-refractivity contribution is 0.0771. The molecule has 0 aliphatic heterocycles. The lowest BCUT2D eigenvalue weighted by Gasteiger charge is -2.13. The van der Waals surface area contributed by atoms with E-state index in [1.165, 1.54) is 5.56 Å². The molecule has 0 spiro atoms. The topological polar surface area (TPSA) is 56.5 Å². The Bertz CT molecular complexity index is 420. The van der Waals surface area contributed by atoms with E-state index >= 15 is 0 Å². The Morgan fingerprint density at radius 2 is 1.77 bits per heavy atom. The Morgan fingerprint density at radius 3 is 2.41 bits per heavy atom. The second-order valence-corrected chi connectivity index (χ2v) is 6.17. The molecule has 0 saturated carbocycles. The van der Waals surface area contributed by atoms with Crippen LogP contribution in [0.5, 0.6) is 5.75 Å². The van der Waals surface area contributed by atoms with Crippen molar-refractivity contribution < 1.29 is 9.47 Å². The summed E-state index contributed by atoms with van der Waals surface area (Å²) < 4.78 is 11.2. The lowest BCUT2D eigenvalue weighted by atomic mass is 10.1. The van der Waals surface area contributed by atoms with E-state index in [2.05, 4.69) is 25.2 Å². The fourth-order valence-electron chi connectivity index (χ4n) is 2.17. The summed E-state index contributed by atoms with van der Waals surface area (Å²) in [6.07, 6.45) is 3.67. The van der Waals surface area contributed by atoms with Crippen molar-refractivity contribution >= 4 is 5.69 Å². The first-order chi connectivity index (χ1) is 10.5. The SMILES string of the molecule is CC(C)OCCCNCCCc1ccc(OC(C)C)c(N)c1. The van der Waals surface area contributed by atoms with Crippen molar-refractivity contribution in [1.29, 1.82) is 0 Å². The molecule has 4 heteroatoms. The molecule has 0 saturated heterocycles. The third-order valence-corrected chi connectivity index (χ3v) is 3.20. The molecule has 1 rings (SSSR count). The van der Waals surface area contributed by atoms with Gasteiger partial charge in [0.15, 0.2) is 0 Å². The predicted octanol–water partition coefficient (Wildman–Crippen LogP) is 3.39. The van der Waals surface area contributed by atoms with Crippen LogP contribution in [0.2, 0.25) is 0 Å². The molecule has 0 aromatic heterocycles. The number of nitrogens with two attached hydrogens (primary N) is 1. The summed E-state index contributed by atoms with van der Waals surface area (Å²) in [5, 5.41) is 3.45. The van der Waals surface area contributed by atoms with Gasteiger partial charge >= 0.3 is 0 Å². The second-order valence-electron chi connectivity index (χ2n) is 6.17. The van der Waals surface area contributed by atoms with Gasteiger partial charge < -0.3 is 20.5 Å². The highest BCUT2D eigenvalue weighted by atomic mass is 16.5. The van der Waals surface area contributed by atoms with Crippen molar-refractivity contribution in [2.24, 2.45) is 0 Å². The molecule has 0 atom stereocenters. The van der Waals surface area contributed by atoms with E-state index in [9.17, 15) is 0 Å². The average molecular weight is 308 g/mol.